The molecule has 3 aromatic heterocycles. The number of hydrogen-bond acceptors (Lipinski definition) is 7. The van der Waals surface area contributed by atoms with Crippen molar-refractivity contribution < 1.29 is 8.42 Å². The molecule has 0 unspecified atom stereocenters. The van der Waals surface area contributed by atoms with Gasteiger partial charge in [0.15, 0.2) is 5.65 Å². The average Bonchev–Trinajstić information content (AvgIpc) is 3.47. The van der Waals surface area contributed by atoms with Crippen molar-refractivity contribution in [2.45, 2.75) is 42.7 Å². The Bertz CT molecular complexity index is 1540. The molecule has 5 aromatic rings. The highest BCUT2D eigenvalue weighted by molar-refractivity contribution is 7.91. The molecule has 168 valence electrons. The summed E-state index contributed by atoms with van der Waals surface area (Å²) in [5, 5.41) is 13.4. The fourth-order valence-corrected chi connectivity index (χ4v) is 5.83. The van der Waals surface area contributed by atoms with Crippen LogP contribution in [-0.2, 0) is 9.84 Å². The zero-order valence-corrected chi connectivity index (χ0v) is 20.1. The van der Waals surface area contributed by atoms with E-state index in [0.717, 1.165) is 21.3 Å². The first-order valence-corrected chi connectivity index (χ1v) is 13.0. The molecule has 0 amide bonds. The second-order valence-electron chi connectivity index (χ2n) is 8.23. The van der Waals surface area contributed by atoms with E-state index in [-0.39, 0.29) is 21.6 Å². The zero-order chi connectivity index (χ0) is 23.2. The number of rotatable bonds is 6. The van der Waals surface area contributed by atoms with Gasteiger partial charge in [-0.3, -0.25) is 0 Å². The fraction of sp³-hybridized carbons (Fsp3) is 0.208. The molecular weight excluding hydrogens is 454 g/mol. The predicted octanol–water partition coefficient (Wildman–Crippen LogP) is 5.47. The van der Waals surface area contributed by atoms with E-state index in [1.165, 1.54) is 15.9 Å². The van der Waals surface area contributed by atoms with Crippen LogP contribution in [0.25, 0.3) is 15.9 Å². The SMILES string of the molecule is CC(C)c1ccc(S(=O)(=O)c2nnn3c2nc(N[C@H](C)c2ccccc2)c2sccc23)cc1. The molecule has 0 bridgehead atoms. The highest BCUT2D eigenvalue weighted by Crippen LogP contribution is 2.33. The van der Waals surface area contributed by atoms with E-state index in [0.29, 0.717) is 11.7 Å². The van der Waals surface area contributed by atoms with Crippen LogP contribution in [0.4, 0.5) is 5.82 Å². The fourth-order valence-electron chi connectivity index (χ4n) is 3.77. The van der Waals surface area contributed by atoms with Crippen LogP contribution < -0.4 is 5.32 Å². The van der Waals surface area contributed by atoms with Gasteiger partial charge in [-0.05, 0) is 47.5 Å². The molecule has 1 N–H and O–H groups in total. The third-order valence-electron chi connectivity index (χ3n) is 5.69. The number of hydrogen-bond donors (Lipinski definition) is 1. The van der Waals surface area contributed by atoms with Crippen molar-refractivity contribution in [2.24, 2.45) is 0 Å². The Morgan fingerprint density at radius 1 is 0.939 bits per heavy atom. The number of thiophene rings is 1. The largest absolute Gasteiger partial charge is 0.362 e. The molecule has 5 rings (SSSR count). The lowest BCUT2D eigenvalue weighted by atomic mass is 10.0. The quantitative estimate of drug-likeness (QED) is 0.349. The van der Waals surface area contributed by atoms with E-state index in [2.05, 4.69) is 29.5 Å². The summed E-state index contributed by atoms with van der Waals surface area (Å²) in [4.78, 5) is 4.87. The second kappa shape index (κ2) is 8.24. The number of benzene rings is 2. The number of nitrogens with zero attached hydrogens (tertiary/aromatic N) is 4. The van der Waals surface area contributed by atoms with Crippen LogP contribution >= 0.6 is 11.3 Å². The molecule has 0 fully saturated rings. The molecule has 3 heterocycles. The molecule has 9 heteroatoms. The predicted molar refractivity (Wildman–Crippen MR) is 131 cm³/mol. The number of aromatic nitrogens is 4. The average molecular weight is 478 g/mol. The number of nitrogens with one attached hydrogen (secondary N) is 1. The van der Waals surface area contributed by atoms with E-state index in [4.69, 9.17) is 4.98 Å². The standard InChI is InChI=1S/C24H23N5O2S2/c1-15(2)17-9-11-19(12-10-17)33(30,31)24-23-26-22(25-16(3)18-7-5-4-6-8-18)21-20(13-14-32-21)29(23)28-27-24/h4-16H,1-3H3,(H,25,26)/t16-/m1/s1. The van der Waals surface area contributed by atoms with Gasteiger partial charge >= 0.3 is 0 Å². The van der Waals surface area contributed by atoms with Gasteiger partial charge in [-0.15, -0.1) is 16.4 Å². The van der Waals surface area contributed by atoms with Gasteiger partial charge < -0.3 is 5.32 Å². The Morgan fingerprint density at radius 3 is 2.36 bits per heavy atom. The number of anilines is 1. The van der Waals surface area contributed by atoms with Crippen LogP contribution in [0, 0.1) is 0 Å². The zero-order valence-electron chi connectivity index (χ0n) is 18.4. The van der Waals surface area contributed by atoms with Gasteiger partial charge in [-0.2, -0.15) is 4.52 Å². The molecule has 7 nitrogen and oxygen atoms in total. The van der Waals surface area contributed by atoms with Gasteiger partial charge in [-0.1, -0.05) is 61.5 Å². The van der Waals surface area contributed by atoms with Crippen LogP contribution in [0.5, 0.6) is 0 Å². The molecule has 0 saturated carbocycles. The van der Waals surface area contributed by atoms with Gasteiger partial charge in [-0.25, -0.2) is 13.4 Å². The topological polar surface area (TPSA) is 89.2 Å². The van der Waals surface area contributed by atoms with Gasteiger partial charge in [0.25, 0.3) is 0 Å². The lowest BCUT2D eigenvalue weighted by molar-refractivity contribution is 0.592. The van der Waals surface area contributed by atoms with Crippen LogP contribution in [0.1, 0.15) is 43.9 Å². The molecule has 0 radical (unpaired) electrons. The molecule has 1 atom stereocenters. The Labute approximate surface area is 196 Å². The van der Waals surface area contributed by atoms with Crippen molar-refractivity contribution >= 4 is 42.9 Å². The first-order chi connectivity index (χ1) is 15.9. The summed E-state index contributed by atoms with van der Waals surface area (Å²) >= 11 is 1.52. The van der Waals surface area contributed by atoms with Crippen molar-refractivity contribution in [3.05, 3.63) is 77.2 Å². The van der Waals surface area contributed by atoms with Gasteiger partial charge in [0, 0.05) is 6.04 Å². The maximum atomic E-state index is 13.4. The minimum absolute atomic E-state index is 0.0223. The molecule has 0 aliphatic heterocycles. The summed E-state index contributed by atoms with van der Waals surface area (Å²) in [5.74, 6) is 0.920. The third-order valence-corrected chi connectivity index (χ3v) is 8.26. The summed E-state index contributed by atoms with van der Waals surface area (Å²) in [6.07, 6.45) is 0. The minimum atomic E-state index is -3.90. The van der Waals surface area contributed by atoms with Crippen molar-refractivity contribution in [2.75, 3.05) is 5.32 Å². The molecule has 2 aromatic carbocycles. The lowest BCUT2D eigenvalue weighted by Crippen LogP contribution is -2.10. The molecule has 0 aliphatic rings. The third kappa shape index (κ3) is 3.77. The van der Waals surface area contributed by atoms with Crippen LogP contribution in [0.2, 0.25) is 0 Å². The highest BCUT2D eigenvalue weighted by atomic mass is 32.2. The second-order valence-corrected chi connectivity index (χ2v) is 11.0. The van der Waals surface area contributed by atoms with Gasteiger partial charge in [0.2, 0.25) is 14.9 Å². The van der Waals surface area contributed by atoms with Gasteiger partial charge in [0.1, 0.15) is 5.82 Å². The molecule has 0 spiro atoms. The first kappa shape index (κ1) is 21.5. The Kier molecular flexibility index (Phi) is 5.38. The van der Waals surface area contributed by atoms with E-state index in [1.807, 2.05) is 60.8 Å². The number of sulfone groups is 1. The van der Waals surface area contributed by atoms with Crippen LogP contribution in [0.3, 0.4) is 0 Å². The van der Waals surface area contributed by atoms with Crippen molar-refractivity contribution in [3.8, 4) is 0 Å². The van der Waals surface area contributed by atoms with Gasteiger partial charge in [0.05, 0.1) is 15.1 Å². The summed E-state index contributed by atoms with van der Waals surface area (Å²) in [6, 6.07) is 18.8. The van der Waals surface area contributed by atoms with Crippen molar-refractivity contribution in [1.82, 2.24) is 19.8 Å². The van der Waals surface area contributed by atoms with E-state index < -0.39 is 9.84 Å². The first-order valence-electron chi connectivity index (χ1n) is 10.7. The normalized spacial score (nSPS) is 13.1. The maximum Gasteiger partial charge on any atom is 0.229 e. The van der Waals surface area contributed by atoms with Crippen LogP contribution in [-0.4, -0.2) is 28.2 Å². The molecule has 33 heavy (non-hydrogen) atoms. The Hall–Kier alpha value is -3.30. The van der Waals surface area contributed by atoms with E-state index in [9.17, 15) is 8.42 Å². The summed E-state index contributed by atoms with van der Waals surface area (Å²) in [6.45, 7) is 6.18. The number of fused-ring (bicyclic) bond motifs is 3. The smallest absolute Gasteiger partial charge is 0.229 e. The minimum Gasteiger partial charge on any atom is -0.362 e. The Morgan fingerprint density at radius 2 is 1.67 bits per heavy atom. The van der Waals surface area contributed by atoms with Crippen LogP contribution in [0.15, 0.2) is 76.0 Å². The van der Waals surface area contributed by atoms with Crippen molar-refractivity contribution in [1.29, 1.82) is 0 Å². The molecule has 0 saturated heterocycles. The van der Waals surface area contributed by atoms with E-state index >= 15 is 0 Å². The molecular formula is C24H23N5O2S2. The van der Waals surface area contributed by atoms with E-state index in [1.54, 1.807) is 12.1 Å². The monoisotopic (exact) mass is 477 g/mol. The lowest BCUT2D eigenvalue weighted by Gasteiger charge is -2.16. The summed E-state index contributed by atoms with van der Waals surface area (Å²) in [5.41, 5.74) is 3.14. The summed E-state index contributed by atoms with van der Waals surface area (Å²) < 4.78 is 29.3. The molecule has 0 aliphatic carbocycles. The summed E-state index contributed by atoms with van der Waals surface area (Å²) in [7, 11) is -3.90. The maximum absolute atomic E-state index is 13.4. The van der Waals surface area contributed by atoms with Crippen molar-refractivity contribution in [3.63, 3.8) is 0 Å². The Balaban J connectivity index is 1.62. The highest BCUT2D eigenvalue weighted by Gasteiger charge is 2.27.